The van der Waals surface area contributed by atoms with Gasteiger partial charge in [0.15, 0.2) is 0 Å². The van der Waals surface area contributed by atoms with Gasteiger partial charge < -0.3 is 14.2 Å². The van der Waals surface area contributed by atoms with Crippen molar-refractivity contribution in [2.24, 2.45) is 0 Å². The molecule has 3 nitrogen and oxygen atoms in total. The summed E-state index contributed by atoms with van der Waals surface area (Å²) in [5.41, 5.74) is 1.19. The van der Waals surface area contributed by atoms with Crippen molar-refractivity contribution in [1.82, 2.24) is 0 Å². The summed E-state index contributed by atoms with van der Waals surface area (Å²) in [7, 11) is 0. The SMILES string of the molecule is CCOc1cccc(OCCOc2cccc(C)c2)c1. The van der Waals surface area contributed by atoms with E-state index in [0.29, 0.717) is 19.8 Å². The highest BCUT2D eigenvalue weighted by Crippen LogP contribution is 2.19. The summed E-state index contributed by atoms with van der Waals surface area (Å²) in [4.78, 5) is 0. The Balaban J connectivity index is 1.77. The molecule has 20 heavy (non-hydrogen) atoms. The predicted molar refractivity (Wildman–Crippen MR) is 79.8 cm³/mol. The Morgan fingerprint density at radius 3 is 1.90 bits per heavy atom. The number of rotatable bonds is 7. The van der Waals surface area contributed by atoms with E-state index in [1.165, 1.54) is 5.56 Å². The highest BCUT2D eigenvalue weighted by molar-refractivity contribution is 5.33. The fraction of sp³-hybridized carbons (Fsp3) is 0.294. The van der Waals surface area contributed by atoms with E-state index < -0.39 is 0 Å². The molecule has 0 saturated heterocycles. The van der Waals surface area contributed by atoms with Crippen molar-refractivity contribution in [3.63, 3.8) is 0 Å². The second kappa shape index (κ2) is 7.43. The molecule has 0 fully saturated rings. The first-order valence-electron chi connectivity index (χ1n) is 6.83. The van der Waals surface area contributed by atoms with Crippen LogP contribution in [0.15, 0.2) is 48.5 Å². The molecule has 3 heteroatoms. The van der Waals surface area contributed by atoms with Crippen molar-refractivity contribution in [3.05, 3.63) is 54.1 Å². The van der Waals surface area contributed by atoms with Gasteiger partial charge in [0.25, 0.3) is 0 Å². The van der Waals surface area contributed by atoms with Crippen LogP contribution >= 0.6 is 0 Å². The van der Waals surface area contributed by atoms with Gasteiger partial charge in [-0.1, -0.05) is 18.2 Å². The summed E-state index contributed by atoms with van der Waals surface area (Å²) in [6.45, 7) is 5.68. The molecule has 0 bridgehead atoms. The molecule has 0 radical (unpaired) electrons. The Morgan fingerprint density at radius 1 is 0.750 bits per heavy atom. The largest absolute Gasteiger partial charge is 0.494 e. The molecule has 0 N–H and O–H groups in total. The summed E-state index contributed by atoms with van der Waals surface area (Å²) in [6, 6.07) is 15.6. The minimum atomic E-state index is 0.503. The zero-order chi connectivity index (χ0) is 14.2. The Labute approximate surface area is 120 Å². The van der Waals surface area contributed by atoms with Gasteiger partial charge in [-0.15, -0.1) is 0 Å². The topological polar surface area (TPSA) is 27.7 Å². The van der Waals surface area contributed by atoms with Crippen molar-refractivity contribution in [2.45, 2.75) is 13.8 Å². The van der Waals surface area contributed by atoms with E-state index in [2.05, 4.69) is 0 Å². The predicted octanol–water partition coefficient (Wildman–Crippen LogP) is 3.85. The third-order valence-electron chi connectivity index (χ3n) is 2.73. The first-order valence-corrected chi connectivity index (χ1v) is 6.83. The highest BCUT2D eigenvalue weighted by atomic mass is 16.5. The molecule has 0 aromatic heterocycles. The smallest absolute Gasteiger partial charge is 0.123 e. The van der Waals surface area contributed by atoms with Crippen molar-refractivity contribution in [3.8, 4) is 17.2 Å². The van der Waals surface area contributed by atoms with Crippen molar-refractivity contribution < 1.29 is 14.2 Å². The van der Waals surface area contributed by atoms with Gasteiger partial charge in [0.2, 0.25) is 0 Å². The lowest BCUT2D eigenvalue weighted by atomic mass is 10.2. The minimum absolute atomic E-state index is 0.503. The highest BCUT2D eigenvalue weighted by Gasteiger charge is 1.98. The van der Waals surface area contributed by atoms with Crippen LogP contribution in [-0.4, -0.2) is 19.8 Å². The van der Waals surface area contributed by atoms with E-state index in [1.807, 2.05) is 62.4 Å². The van der Waals surface area contributed by atoms with E-state index in [4.69, 9.17) is 14.2 Å². The van der Waals surface area contributed by atoms with Gasteiger partial charge >= 0.3 is 0 Å². The lowest BCUT2D eigenvalue weighted by Gasteiger charge is -2.10. The van der Waals surface area contributed by atoms with Gasteiger partial charge in [-0.3, -0.25) is 0 Å². The molecule has 0 spiro atoms. The van der Waals surface area contributed by atoms with Crippen molar-refractivity contribution in [1.29, 1.82) is 0 Å². The van der Waals surface area contributed by atoms with E-state index >= 15 is 0 Å². The quantitative estimate of drug-likeness (QED) is 0.716. The lowest BCUT2D eigenvalue weighted by Crippen LogP contribution is -2.09. The maximum absolute atomic E-state index is 5.64. The normalized spacial score (nSPS) is 10.1. The second-order valence-corrected chi connectivity index (χ2v) is 4.42. The second-order valence-electron chi connectivity index (χ2n) is 4.42. The first-order chi connectivity index (χ1) is 9.78. The average Bonchev–Trinajstić information content (AvgIpc) is 2.45. The summed E-state index contributed by atoms with van der Waals surface area (Å²) in [5, 5.41) is 0. The Morgan fingerprint density at radius 2 is 1.30 bits per heavy atom. The molecule has 0 aliphatic carbocycles. The molecule has 0 amide bonds. The summed E-state index contributed by atoms with van der Waals surface area (Å²) in [5.74, 6) is 2.49. The van der Waals surface area contributed by atoms with Gasteiger partial charge in [0, 0.05) is 6.07 Å². The monoisotopic (exact) mass is 272 g/mol. The van der Waals surface area contributed by atoms with Crippen LogP contribution in [0.5, 0.6) is 17.2 Å². The van der Waals surface area contributed by atoms with Crippen LogP contribution in [-0.2, 0) is 0 Å². The fourth-order valence-corrected chi connectivity index (χ4v) is 1.84. The van der Waals surface area contributed by atoms with Gasteiger partial charge in [-0.25, -0.2) is 0 Å². The van der Waals surface area contributed by atoms with Crippen LogP contribution in [0.4, 0.5) is 0 Å². The number of ether oxygens (including phenoxy) is 3. The first kappa shape index (κ1) is 14.3. The zero-order valence-electron chi connectivity index (χ0n) is 12.0. The van der Waals surface area contributed by atoms with Crippen LogP contribution in [0.25, 0.3) is 0 Å². The average molecular weight is 272 g/mol. The number of hydrogen-bond donors (Lipinski definition) is 0. The molecule has 0 atom stereocenters. The summed E-state index contributed by atoms with van der Waals surface area (Å²) >= 11 is 0. The molecule has 0 saturated carbocycles. The molecular formula is C17H20O3. The maximum Gasteiger partial charge on any atom is 0.123 e. The van der Waals surface area contributed by atoms with Gasteiger partial charge in [0.05, 0.1) is 6.61 Å². The van der Waals surface area contributed by atoms with Gasteiger partial charge in [-0.2, -0.15) is 0 Å². The Bertz CT molecular complexity index is 537. The number of hydrogen-bond acceptors (Lipinski definition) is 3. The van der Waals surface area contributed by atoms with Gasteiger partial charge in [0.1, 0.15) is 30.5 Å². The standard InChI is InChI=1S/C17H20O3/c1-3-18-16-8-5-9-17(13-16)20-11-10-19-15-7-4-6-14(2)12-15/h4-9,12-13H,3,10-11H2,1-2H3. The molecule has 0 unspecified atom stereocenters. The lowest BCUT2D eigenvalue weighted by molar-refractivity contribution is 0.216. The van der Waals surface area contributed by atoms with E-state index in [-0.39, 0.29) is 0 Å². The Hall–Kier alpha value is -2.16. The van der Waals surface area contributed by atoms with E-state index in [0.717, 1.165) is 17.2 Å². The Kier molecular flexibility index (Phi) is 5.30. The fourth-order valence-electron chi connectivity index (χ4n) is 1.84. The zero-order valence-corrected chi connectivity index (χ0v) is 12.0. The molecule has 2 rings (SSSR count). The summed E-state index contributed by atoms with van der Waals surface area (Å²) < 4.78 is 16.7. The van der Waals surface area contributed by atoms with Crippen LogP contribution in [0, 0.1) is 6.92 Å². The molecule has 0 aliphatic rings. The molecular weight excluding hydrogens is 252 g/mol. The molecule has 106 valence electrons. The van der Waals surface area contributed by atoms with Gasteiger partial charge in [-0.05, 0) is 43.7 Å². The number of aryl methyl sites for hydroxylation is 1. The van der Waals surface area contributed by atoms with Crippen LogP contribution in [0.1, 0.15) is 12.5 Å². The maximum atomic E-state index is 5.64. The van der Waals surface area contributed by atoms with E-state index in [1.54, 1.807) is 0 Å². The molecule has 2 aromatic rings. The van der Waals surface area contributed by atoms with Crippen molar-refractivity contribution >= 4 is 0 Å². The number of benzene rings is 2. The molecule has 0 aliphatic heterocycles. The van der Waals surface area contributed by atoms with E-state index in [9.17, 15) is 0 Å². The third kappa shape index (κ3) is 4.50. The van der Waals surface area contributed by atoms with Crippen LogP contribution < -0.4 is 14.2 Å². The summed E-state index contributed by atoms with van der Waals surface area (Å²) in [6.07, 6.45) is 0. The third-order valence-corrected chi connectivity index (χ3v) is 2.73. The van der Waals surface area contributed by atoms with Crippen LogP contribution in [0.2, 0.25) is 0 Å². The minimum Gasteiger partial charge on any atom is -0.494 e. The molecule has 0 heterocycles. The van der Waals surface area contributed by atoms with Crippen LogP contribution in [0.3, 0.4) is 0 Å². The van der Waals surface area contributed by atoms with Crippen molar-refractivity contribution in [2.75, 3.05) is 19.8 Å². The molecule has 2 aromatic carbocycles.